The van der Waals surface area contributed by atoms with E-state index in [2.05, 4.69) is 18.4 Å². The molecule has 0 amide bonds. The normalized spacial score (nSPS) is 25.6. The second-order valence-corrected chi connectivity index (χ2v) is 3.72. The molecule has 1 saturated heterocycles. The average Bonchev–Trinajstić information content (AvgIpc) is 2.09. The minimum Gasteiger partial charge on any atom is -0.297 e. The maximum atomic E-state index is 3.81. The molecule has 0 spiro atoms. The molecule has 1 unspecified atom stereocenters. The van der Waals surface area contributed by atoms with Gasteiger partial charge in [0.25, 0.3) is 0 Å². The molecule has 1 heterocycles. The fourth-order valence-electron chi connectivity index (χ4n) is 2.13. The van der Waals surface area contributed by atoms with E-state index >= 15 is 0 Å². The summed E-state index contributed by atoms with van der Waals surface area (Å²) in [5.41, 5.74) is 0. The van der Waals surface area contributed by atoms with E-state index in [9.17, 15) is 0 Å². The number of likely N-dealkylation sites (tertiary alicyclic amines) is 1. The third kappa shape index (κ3) is 2.63. The first-order valence-electron chi connectivity index (χ1n) is 5.23. The standard InChI is InChI=1S/C11H21N/c1-3-7-11-8-5-6-10-12(11)9-4-2/h4,11H,2-3,5-10H2,1H3. The van der Waals surface area contributed by atoms with Gasteiger partial charge in [0.05, 0.1) is 0 Å². The molecule has 1 aliphatic rings. The van der Waals surface area contributed by atoms with Gasteiger partial charge in [-0.25, -0.2) is 0 Å². The lowest BCUT2D eigenvalue weighted by Crippen LogP contribution is -2.39. The van der Waals surface area contributed by atoms with Crippen molar-refractivity contribution < 1.29 is 0 Å². The summed E-state index contributed by atoms with van der Waals surface area (Å²) in [6, 6.07) is 0.849. The Bertz CT molecular complexity index is 129. The van der Waals surface area contributed by atoms with Crippen LogP contribution >= 0.6 is 0 Å². The van der Waals surface area contributed by atoms with Crippen molar-refractivity contribution in [2.24, 2.45) is 0 Å². The SMILES string of the molecule is C=CCN1CCCCC1CCC. The summed E-state index contributed by atoms with van der Waals surface area (Å²) in [4.78, 5) is 2.58. The Hall–Kier alpha value is -0.300. The smallest absolute Gasteiger partial charge is 0.0163 e. The summed E-state index contributed by atoms with van der Waals surface area (Å²) in [7, 11) is 0. The molecule has 0 aromatic heterocycles. The Labute approximate surface area is 76.5 Å². The van der Waals surface area contributed by atoms with Crippen molar-refractivity contribution in [3.05, 3.63) is 12.7 Å². The summed E-state index contributed by atoms with van der Waals surface area (Å²) >= 11 is 0. The van der Waals surface area contributed by atoms with Crippen LogP contribution in [0.2, 0.25) is 0 Å². The van der Waals surface area contributed by atoms with Crippen molar-refractivity contribution in [3.63, 3.8) is 0 Å². The minimum atomic E-state index is 0.849. The molecule has 70 valence electrons. The Kier molecular flexibility index (Phi) is 4.37. The molecule has 0 aliphatic carbocycles. The van der Waals surface area contributed by atoms with Crippen LogP contribution in [0, 0.1) is 0 Å². The molecule has 0 N–H and O–H groups in total. The van der Waals surface area contributed by atoms with Gasteiger partial charge < -0.3 is 0 Å². The number of hydrogen-bond acceptors (Lipinski definition) is 1. The third-order valence-corrected chi connectivity index (χ3v) is 2.73. The molecular weight excluding hydrogens is 146 g/mol. The largest absolute Gasteiger partial charge is 0.297 e. The Balaban J connectivity index is 2.36. The van der Waals surface area contributed by atoms with Crippen LogP contribution in [0.3, 0.4) is 0 Å². The topological polar surface area (TPSA) is 3.24 Å². The van der Waals surface area contributed by atoms with Crippen LogP contribution in [-0.2, 0) is 0 Å². The number of rotatable bonds is 4. The Morgan fingerprint density at radius 3 is 3.00 bits per heavy atom. The predicted octanol–water partition coefficient (Wildman–Crippen LogP) is 2.83. The van der Waals surface area contributed by atoms with Gasteiger partial charge in [0.15, 0.2) is 0 Å². The van der Waals surface area contributed by atoms with Crippen LogP contribution in [0.1, 0.15) is 39.0 Å². The molecular formula is C11H21N. The van der Waals surface area contributed by atoms with E-state index < -0.39 is 0 Å². The van der Waals surface area contributed by atoms with Gasteiger partial charge in [-0.05, 0) is 25.8 Å². The lowest BCUT2D eigenvalue weighted by molar-refractivity contribution is 0.156. The van der Waals surface area contributed by atoms with Gasteiger partial charge in [0.1, 0.15) is 0 Å². The highest BCUT2D eigenvalue weighted by Crippen LogP contribution is 2.20. The Morgan fingerprint density at radius 2 is 2.33 bits per heavy atom. The molecule has 1 atom stereocenters. The monoisotopic (exact) mass is 167 g/mol. The molecule has 0 saturated carbocycles. The summed E-state index contributed by atoms with van der Waals surface area (Å²) in [5, 5.41) is 0. The molecule has 0 radical (unpaired) electrons. The molecule has 0 aromatic rings. The van der Waals surface area contributed by atoms with E-state index in [1.807, 2.05) is 6.08 Å². The van der Waals surface area contributed by atoms with Crippen LogP contribution in [-0.4, -0.2) is 24.0 Å². The van der Waals surface area contributed by atoms with Crippen molar-refractivity contribution in [2.45, 2.75) is 45.1 Å². The highest BCUT2D eigenvalue weighted by atomic mass is 15.2. The van der Waals surface area contributed by atoms with Crippen LogP contribution in [0.4, 0.5) is 0 Å². The summed E-state index contributed by atoms with van der Waals surface area (Å²) in [6.45, 7) is 8.46. The Morgan fingerprint density at radius 1 is 1.50 bits per heavy atom. The summed E-state index contributed by atoms with van der Waals surface area (Å²) in [6.07, 6.45) is 8.94. The first-order chi connectivity index (χ1) is 5.88. The maximum absolute atomic E-state index is 3.81. The molecule has 1 aliphatic heterocycles. The fraction of sp³-hybridized carbons (Fsp3) is 0.818. The average molecular weight is 167 g/mol. The number of piperidine rings is 1. The van der Waals surface area contributed by atoms with E-state index in [1.165, 1.54) is 38.6 Å². The van der Waals surface area contributed by atoms with Crippen molar-refractivity contribution in [3.8, 4) is 0 Å². The van der Waals surface area contributed by atoms with Crippen LogP contribution in [0.5, 0.6) is 0 Å². The van der Waals surface area contributed by atoms with Gasteiger partial charge in [0, 0.05) is 12.6 Å². The van der Waals surface area contributed by atoms with Crippen molar-refractivity contribution in [2.75, 3.05) is 13.1 Å². The van der Waals surface area contributed by atoms with Gasteiger partial charge >= 0.3 is 0 Å². The number of hydrogen-bond donors (Lipinski definition) is 0. The van der Waals surface area contributed by atoms with Crippen LogP contribution in [0.15, 0.2) is 12.7 Å². The van der Waals surface area contributed by atoms with Crippen molar-refractivity contribution in [1.82, 2.24) is 4.90 Å². The highest BCUT2D eigenvalue weighted by molar-refractivity contribution is 4.82. The van der Waals surface area contributed by atoms with Crippen LogP contribution < -0.4 is 0 Å². The lowest BCUT2D eigenvalue weighted by Gasteiger charge is -2.34. The molecule has 0 bridgehead atoms. The van der Waals surface area contributed by atoms with Gasteiger partial charge in [-0.3, -0.25) is 4.90 Å². The second kappa shape index (κ2) is 5.36. The summed E-state index contributed by atoms with van der Waals surface area (Å²) in [5.74, 6) is 0. The lowest BCUT2D eigenvalue weighted by atomic mass is 9.98. The fourth-order valence-corrected chi connectivity index (χ4v) is 2.13. The zero-order valence-electron chi connectivity index (χ0n) is 8.26. The molecule has 1 heteroatoms. The van der Waals surface area contributed by atoms with E-state index in [4.69, 9.17) is 0 Å². The van der Waals surface area contributed by atoms with E-state index in [-0.39, 0.29) is 0 Å². The maximum Gasteiger partial charge on any atom is 0.0163 e. The van der Waals surface area contributed by atoms with Crippen molar-refractivity contribution >= 4 is 0 Å². The highest BCUT2D eigenvalue weighted by Gasteiger charge is 2.19. The first kappa shape index (κ1) is 9.79. The quantitative estimate of drug-likeness (QED) is 0.582. The van der Waals surface area contributed by atoms with Gasteiger partial charge in [-0.2, -0.15) is 0 Å². The molecule has 1 nitrogen and oxygen atoms in total. The van der Waals surface area contributed by atoms with Crippen LogP contribution in [0.25, 0.3) is 0 Å². The van der Waals surface area contributed by atoms with E-state index in [0.717, 1.165) is 12.6 Å². The molecule has 12 heavy (non-hydrogen) atoms. The van der Waals surface area contributed by atoms with Gasteiger partial charge in [-0.15, -0.1) is 6.58 Å². The van der Waals surface area contributed by atoms with Crippen molar-refractivity contribution in [1.29, 1.82) is 0 Å². The van der Waals surface area contributed by atoms with Gasteiger partial charge in [-0.1, -0.05) is 25.8 Å². The second-order valence-electron chi connectivity index (χ2n) is 3.72. The summed E-state index contributed by atoms with van der Waals surface area (Å²) < 4.78 is 0. The van der Waals surface area contributed by atoms with Gasteiger partial charge in [0.2, 0.25) is 0 Å². The molecule has 0 aromatic carbocycles. The zero-order valence-corrected chi connectivity index (χ0v) is 8.26. The van der Waals surface area contributed by atoms with E-state index in [1.54, 1.807) is 0 Å². The first-order valence-corrected chi connectivity index (χ1v) is 5.23. The third-order valence-electron chi connectivity index (χ3n) is 2.73. The van der Waals surface area contributed by atoms with E-state index in [0.29, 0.717) is 0 Å². The number of nitrogens with zero attached hydrogens (tertiary/aromatic N) is 1. The molecule has 1 rings (SSSR count). The zero-order chi connectivity index (χ0) is 8.81. The molecule has 1 fully saturated rings. The predicted molar refractivity (Wildman–Crippen MR) is 54.3 cm³/mol. The minimum absolute atomic E-state index is 0.849.